The minimum atomic E-state index is -0.533. The molecule has 0 aliphatic rings. The molecule has 0 atom stereocenters. The van der Waals surface area contributed by atoms with E-state index in [1.807, 2.05) is 0 Å². The molecular formula is C9H11N2O2+. The molecule has 0 fully saturated rings. The maximum atomic E-state index is 10.7. The monoisotopic (exact) mass is 179 g/mol. The Labute approximate surface area is 76.0 Å². The van der Waals surface area contributed by atoms with Gasteiger partial charge in [-0.25, -0.2) is 0 Å². The molecule has 68 valence electrons. The molecule has 0 spiro atoms. The zero-order valence-electron chi connectivity index (χ0n) is 7.36. The van der Waals surface area contributed by atoms with Gasteiger partial charge in [-0.3, -0.25) is 10.5 Å². The van der Waals surface area contributed by atoms with Gasteiger partial charge in [-0.05, 0) is 24.6 Å². The molecule has 1 rings (SSSR count). The molecule has 0 saturated heterocycles. The first-order chi connectivity index (χ1) is 6.09. The Morgan fingerprint density at radius 2 is 1.92 bits per heavy atom. The van der Waals surface area contributed by atoms with E-state index in [1.54, 1.807) is 24.5 Å². The predicted octanol–water partition coefficient (Wildman–Crippen LogP) is 0.0324. The van der Waals surface area contributed by atoms with Crippen molar-refractivity contribution < 1.29 is 14.2 Å². The Morgan fingerprint density at radius 1 is 1.38 bits per heavy atom. The van der Waals surface area contributed by atoms with Crippen LogP contribution in [0.1, 0.15) is 12.5 Å². The van der Waals surface area contributed by atoms with Crippen LogP contribution in [0.5, 0.6) is 0 Å². The van der Waals surface area contributed by atoms with Gasteiger partial charge in [0.15, 0.2) is 0 Å². The average molecular weight is 179 g/mol. The highest BCUT2D eigenvalue weighted by Crippen LogP contribution is 1.96. The number of pyridine rings is 1. The van der Waals surface area contributed by atoms with Crippen molar-refractivity contribution in [1.29, 1.82) is 0 Å². The lowest BCUT2D eigenvalue weighted by molar-refractivity contribution is -0.569. The van der Waals surface area contributed by atoms with Crippen molar-refractivity contribution in [2.75, 3.05) is 0 Å². The van der Waals surface area contributed by atoms with Gasteiger partial charge in [0.1, 0.15) is 5.78 Å². The third-order valence-electron chi connectivity index (χ3n) is 1.61. The molecule has 0 radical (unpaired) electrons. The summed E-state index contributed by atoms with van der Waals surface area (Å²) in [6.07, 6.45) is 3.47. The van der Waals surface area contributed by atoms with Crippen LogP contribution in [0, 0.1) is 0 Å². The van der Waals surface area contributed by atoms with E-state index in [0.717, 1.165) is 5.56 Å². The van der Waals surface area contributed by atoms with E-state index < -0.39 is 6.03 Å². The Morgan fingerprint density at radius 3 is 2.31 bits per heavy atom. The van der Waals surface area contributed by atoms with E-state index in [2.05, 4.69) is 0 Å². The van der Waals surface area contributed by atoms with E-state index in [-0.39, 0.29) is 5.78 Å². The number of aromatic nitrogens is 1. The summed E-state index contributed by atoms with van der Waals surface area (Å²) in [4.78, 5) is 21.4. The van der Waals surface area contributed by atoms with Gasteiger partial charge in [0.2, 0.25) is 0 Å². The summed E-state index contributed by atoms with van der Waals surface area (Å²) in [5, 5.41) is 0. The molecule has 2 N–H and O–H groups in total. The molecule has 0 aliphatic carbocycles. The van der Waals surface area contributed by atoms with E-state index in [0.29, 0.717) is 6.42 Å². The van der Waals surface area contributed by atoms with Gasteiger partial charge in [0.25, 0.3) is 0 Å². The van der Waals surface area contributed by atoms with Gasteiger partial charge in [-0.2, -0.15) is 9.36 Å². The SMILES string of the molecule is CC(=O)Cc1cc[n+](C(N)=O)cc1. The van der Waals surface area contributed by atoms with Crippen molar-refractivity contribution in [3.8, 4) is 0 Å². The zero-order chi connectivity index (χ0) is 9.84. The number of carbonyl (C=O) groups excluding carboxylic acids is 2. The average Bonchev–Trinajstić information content (AvgIpc) is 2.04. The van der Waals surface area contributed by atoms with Gasteiger partial charge in [-0.15, -0.1) is 0 Å². The second kappa shape index (κ2) is 3.80. The smallest absolute Gasteiger partial charge is 0.300 e. The van der Waals surface area contributed by atoms with Crippen LogP contribution >= 0.6 is 0 Å². The summed E-state index contributed by atoms with van der Waals surface area (Å²) >= 11 is 0. The first-order valence-electron chi connectivity index (χ1n) is 3.89. The van der Waals surface area contributed by atoms with Crippen LogP contribution in [0.15, 0.2) is 24.5 Å². The number of nitrogens with two attached hydrogens (primary N) is 1. The number of ketones is 1. The van der Waals surface area contributed by atoms with E-state index >= 15 is 0 Å². The highest BCUT2D eigenvalue weighted by molar-refractivity contribution is 5.78. The van der Waals surface area contributed by atoms with Crippen molar-refractivity contribution in [2.45, 2.75) is 13.3 Å². The van der Waals surface area contributed by atoms with Gasteiger partial charge in [0.05, 0.1) is 12.4 Å². The summed E-state index contributed by atoms with van der Waals surface area (Å²) in [7, 11) is 0. The fourth-order valence-corrected chi connectivity index (χ4v) is 1.01. The molecule has 1 aromatic rings. The Balaban J connectivity index is 2.81. The second-order valence-corrected chi connectivity index (χ2v) is 2.83. The largest absolute Gasteiger partial charge is 0.493 e. The molecule has 0 aromatic carbocycles. The fraction of sp³-hybridized carbons (Fsp3) is 0.222. The summed E-state index contributed by atoms with van der Waals surface area (Å²) in [5.74, 6) is 0.0943. The number of rotatable bonds is 2. The van der Waals surface area contributed by atoms with Gasteiger partial charge in [0, 0.05) is 6.42 Å². The van der Waals surface area contributed by atoms with Crippen LogP contribution in [0.2, 0.25) is 0 Å². The van der Waals surface area contributed by atoms with Crippen molar-refractivity contribution >= 4 is 11.8 Å². The number of hydrogen-bond acceptors (Lipinski definition) is 2. The van der Waals surface area contributed by atoms with Crippen LogP contribution in [0.3, 0.4) is 0 Å². The molecule has 1 aromatic heterocycles. The number of amides is 1. The number of carbonyl (C=O) groups is 2. The van der Waals surface area contributed by atoms with Crippen molar-refractivity contribution in [2.24, 2.45) is 5.73 Å². The summed E-state index contributed by atoms with van der Waals surface area (Å²) in [6.45, 7) is 1.52. The first kappa shape index (κ1) is 9.38. The fourth-order valence-electron chi connectivity index (χ4n) is 1.01. The van der Waals surface area contributed by atoms with Crippen molar-refractivity contribution in [3.63, 3.8) is 0 Å². The van der Waals surface area contributed by atoms with E-state index in [4.69, 9.17) is 5.73 Å². The van der Waals surface area contributed by atoms with E-state index in [1.165, 1.54) is 11.5 Å². The Hall–Kier alpha value is -1.71. The molecule has 1 heterocycles. The third-order valence-corrected chi connectivity index (χ3v) is 1.61. The molecule has 0 aliphatic heterocycles. The lowest BCUT2D eigenvalue weighted by Gasteiger charge is -1.96. The molecule has 0 bridgehead atoms. The molecular weight excluding hydrogens is 168 g/mol. The number of hydrogen-bond donors (Lipinski definition) is 1. The lowest BCUT2D eigenvalue weighted by atomic mass is 10.1. The van der Waals surface area contributed by atoms with Crippen LogP contribution in [0.4, 0.5) is 4.79 Å². The minimum absolute atomic E-state index is 0.0943. The van der Waals surface area contributed by atoms with Crippen molar-refractivity contribution in [3.05, 3.63) is 30.1 Å². The molecule has 1 amide bonds. The summed E-state index contributed by atoms with van der Waals surface area (Å²) in [5.41, 5.74) is 5.90. The van der Waals surface area contributed by atoms with Crippen LogP contribution in [0.25, 0.3) is 0 Å². The summed E-state index contributed by atoms with van der Waals surface area (Å²) in [6, 6.07) is 2.87. The van der Waals surface area contributed by atoms with Crippen LogP contribution in [-0.2, 0) is 11.2 Å². The summed E-state index contributed by atoms with van der Waals surface area (Å²) < 4.78 is 1.25. The number of primary amides is 1. The van der Waals surface area contributed by atoms with Gasteiger partial charge >= 0.3 is 6.03 Å². The highest BCUT2D eigenvalue weighted by Gasteiger charge is 2.04. The third kappa shape index (κ3) is 2.66. The number of nitrogens with zero attached hydrogens (tertiary/aromatic N) is 1. The Bertz CT molecular complexity index is 330. The predicted molar refractivity (Wildman–Crippen MR) is 46.0 cm³/mol. The van der Waals surface area contributed by atoms with Crippen LogP contribution < -0.4 is 10.3 Å². The highest BCUT2D eigenvalue weighted by atomic mass is 16.2. The first-order valence-corrected chi connectivity index (χ1v) is 3.89. The second-order valence-electron chi connectivity index (χ2n) is 2.83. The Kier molecular flexibility index (Phi) is 2.74. The maximum absolute atomic E-state index is 10.7. The zero-order valence-corrected chi connectivity index (χ0v) is 7.36. The van der Waals surface area contributed by atoms with Crippen molar-refractivity contribution in [1.82, 2.24) is 0 Å². The molecule has 0 saturated carbocycles. The number of Topliss-reactive ketones (excluding diaryl/α,β-unsaturated/α-hetero) is 1. The molecule has 0 unspecified atom stereocenters. The van der Waals surface area contributed by atoms with Crippen LogP contribution in [-0.4, -0.2) is 11.8 Å². The minimum Gasteiger partial charge on any atom is -0.300 e. The van der Waals surface area contributed by atoms with Gasteiger partial charge < -0.3 is 0 Å². The maximum Gasteiger partial charge on any atom is 0.493 e. The topological polar surface area (TPSA) is 64.0 Å². The molecule has 4 heteroatoms. The molecule has 4 nitrogen and oxygen atoms in total. The lowest BCUT2D eigenvalue weighted by Crippen LogP contribution is -2.46. The van der Waals surface area contributed by atoms with E-state index in [9.17, 15) is 9.59 Å². The van der Waals surface area contributed by atoms with Gasteiger partial charge in [-0.1, -0.05) is 0 Å². The molecule has 13 heavy (non-hydrogen) atoms. The standard InChI is InChI=1S/C9H10N2O2/c1-7(12)6-8-2-4-11(5-3-8)9(10)13/h2-5H,6H2,1H3,(H-,10,13)/p+1. The quantitative estimate of drug-likeness (QED) is 0.651. The normalized spacial score (nSPS) is 9.62.